The lowest BCUT2D eigenvalue weighted by Crippen LogP contribution is -2.12. The molecule has 0 spiro atoms. The molecule has 0 radical (unpaired) electrons. The molecule has 0 aliphatic heterocycles. The van der Waals surface area contributed by atoms with Crippen molar-refractivity contribution in [3.05, 3.63) is 62.4 Å². The van der Waals surface area contributed by atoms with Gasteiger partial charge in [0.2, 0.25) is 5.95 Å². The minimum absolute atomic E-state index is 0.00772. The smallest absolute Gasteiger partial charge is 0.261 e. The number of rotatable bonds is 2. The van der Waals surface area contributed by atoms with Crippen LogP contribution in [0.3, 0.4) is 0 Å². The van der Waals surface area contributed by atoms with E-state index in [2.05, 4.69) is 15.3 Å². The summed E-state index contributed by atoms with van der Waals surface area (Å²) in [6, 6.07) is 5.85. The summed E-state index contributed by atoms with van der Waals surface area (Å²) in [6.07, 6.45) is 0. The van der Waals surface area contributed by atoms with Gasteiger partial charge < -0.3 is 5.32 Å². The quantitative estimate of drug-likeness (QED) is 0.732. The van der Waals surface area contributed by atoms with Gasteiger partial charge in [-0.15, -0.1) is 0 Å². The van der Waals surface area contributed by atoms with Crippen molar-refractivity contribution in [1.82, 2.24) is 9.97 Å². The maximum Gasteiger partial charge on any atom is 0.261 e. The molecule has 22 heavy (non-hydrogen) atoms. The van der Waals surface area contributed by atoms with Crippen LogP contribution in [0.25, 0.3) is 10.9 Å². The van der Waals surface area contributed by atoms with E-state index in [4.69, 9.17) is 23.2 Å². The van der Waals surface area contributed by atoms with Gasteiger partial charge in [0.1, 0.15) is 11.6 Å². The molecule has 1 aromatic heterocycles. The normalized spacial score (nSPS) is 10.9. The first-order valence-corrected chi connectivity index (χ1v) is 6.81. The summed E-state index contributed by atoms with van der Waals surface area (Å²) < 4.78 is 26.3. The fourth-order valence-corrected chi connectivity index (χ4v) is 2.44. The lowest BCUT2D eigenvalue weighted by atomic mass is 10.2. The summed E-state index contributed by atoms with van der Waals surface area (Å²) in [5.74, 6) is -1.52. The van der Waals surface area contributed by atoms with Crippen molar-refractivity contribution in [2.24, 2.45) is 0 Å². The third-order valence-electron chi connectivity index (χ3n) is 2.89. The number of hydrogen-bond donors (Lipinski definition) is 2. The lowest BCUT2D eigenvalue weighted by molar-refractivity contribution is 0.584. The summed E-state index contributed by atoms with van der Waals surface area (Å²) in [7, 11) is 0. The monoisotopic (exact) mass is 341 g/mol. The van der Waals surface area contributed by atoms with Crippen molar-refractivity contribution in [1.29, 1.82) is 0 Å². The van der Waals surface area contributed by atoms with E-state index < -0.39 is 17.2 Å². The highest BCUT2D eigenvalue weighted by Gasteiger charge is 2.11. The van der Waals surface area contributed by atoms with Crippen LogP contribution in [0.15, 0.2) is 35.1 Å². The Morgan fingerprint density at radius 2 is 1.68 bits per heavy atom. The third-order valence-corrected chi connectivity index (χ3v) is 3.51. The van der Waals surface area contributed by atoms with E-state index in [1.54, 1.807) is 0 Å². The number of fused-ring (bicyclic) bond motifs is 1. The SMILES string of the molecule is O=c1[nH]c(Nc2cc(F)cc(F)c2)nc2c(Cl)ccc(Cl)c12. The van der Waals surface area contributed by atoms with Gasteiger partial charge in [-0.05, 0) is 24.3 Å². The van der Waals surface area contributed by atoms with Crippen LogP contribution < -0.4 is 10.9 Å². The summed E-state index contributed by atoms with van der Waals surface area (Å²) in [6.45, 7) is 0. The molecular weight excluding hydrogens is 335 g/mol. The zero-order valence-corrected chi connectivity index (χ0v) is 12.3. The van der Waals surface area contributed by atoms with Gasteiger partial charge in [-0.3, -0.25) is 9.78 Å². The van der Waals surface area contributed by atoms with Gasteiger partial charge in [-0.25, -0.2) is 13.8 Å². The molecule has 2 aromatic carbocycles. The number of nitrogens with one attached hydrogen (secondary N) is 2. The van der Waals surface area contributed by atoms with E-state index in [9.17, 15) is 13.6 Å². The number of aromatic amines is 1. The van der Waals surface area contributed by atoms with Crippen LogP contribution in [0.4, 0.5) is 20.4 Å². The molecule has 0 bridgehead atoms. The average molecular weight is 342 g/mol. The Morgan fingerprint density at radius 1 is 1.05 bits per heavy atom. The van der Waals surface area contributed by atoms with Crippen molar-refractivity contribution in [3.8, 4) is 0 Å². The highest BCUT2D eigenvalue weighted by Crippen LogP contribution is 2.26. The lowest BCUT2D eigenvalue weighted by Gasteiger charge is -2.08. The topological polar surface area (TPSA) is 57.8 Å². The number of hydrogen-bond acceptors (Lipinski definition) is 3. The summed E-state index contributed by atoms with van der Waals surface area (Å²) in [5.41, 5.74) is -0.229. The molecule has 0 aliphatic rings. The predicted octanol–water partition coefficient (Wildman–Crippen LogP) is 4.25. The molecule has 1 heterocycles. The Hall–Kier alpha value is -2.18. The van der Waals surface area contributed by atoms with E-state index in [1.807, 2.05) is 0 Å². The van der Waals surface area contributed by atoms with Gasteiger partial charge in [0.05, 0.1) is 20.9 Å². The van der Waals surface area contributed by atoms with E-state index in [0.717, 1.165) is 18.2 Å². The molecule has 3 rings (SSSR count). The minimum Gasteiger partial charge on any atom is -0.325 e. The molecule has 8 heteroatoms. The van der Waals surface area contributed by atoms with Gasteiger partial charge in [0.25, 0.3) is 5.56 Å². The van der Waals surface area contributed by atoms with Crippen LogP contribution >= 0.6 is 23.2 Å². The van der Waals surface area contributed by atoms with Crippen molar-refractivity contribution in [3.63, 3.8) is 0 Å². The van der Waals surface area contributed by atoms with Gasteiger partial charge in [-0.1, -0.05) is 23.2 Å². The van der Waals surface area contributed by atoms with Gasteiger partial charge in [-0.2, -0.15) is 0 Å². The van der Waals surface area contributed by atoms with Crippen LogP contribution in [-0.2, 0) is 0 Å². The molecule has 4 nitrogen and oxygen atoms in total. The number of anilines is 2. The molecule has 0 unspecified atom stereocenters. The second-order valence-electron chi connectivity index (χ2n) is 4.45. The molecule has 2 N–H and O–H groups in total. The molecule has 0 saturated heterocycles. The van der Waals surface area contributed by atoms with Crippen LogP contribution in [0, 0.1) is 11.6 Å². The molecule has 0 fully saturated rings. The van der Waals surface area contributed by atoms with Crippen molar-refractivity contribution < 1.29 is 8.78 Å². The number of halogens is 4. The zero-order chi connectivity index (χ0) is 15.9. The Bertz CT molecular complexity index is 923. The predicted molar refractivity (Wildman–Crippen MR) is 82.0 cm³/mol. The molecule has 0 saturated carbocycles. The van der Waals surface area contributed by atoms with E-state index in [-0.39, 0.29) is 32.6 Å². The van der Waals surface area contributed by atoms with Gasteiger partial charge in [0, 0.05) is 11.8 Å². The van der Waals surface area contributed by atoms with E-state index in [0.29, 0.717) is 0 Å². The maximum atomic E-state index is 13.2. The molecular formula is C14H7Cl2F2N3O. The van der Waals surface area contributed by atoms with Gasteiger partial charge >= 0.3 is 0 Å². The average Bonchev–Trinajstić information content (AvgIpc) is 2.41. The second kappa shape index (κ2) is 5.55. The van der Waals surface area contributed by atoms with Crippen molar-refractivity contribution >= 4 is 45.7 Å². The van der Waals surface area contributed by atoms with Crippen LogP contribution in [0.5, 0.6) is 0 Å². The number of aromatic nitrogens is 2. The molecule has 0 amide bonds. The third kappa shape index (κ3) is 2.75. The molecule has 112 valence electrons. The zero-order valence-electron chi connectivity index (χ0n) is 10.8. The largest absolute Gasteiger partial charge is 0.325 e. The first-order chi connectivity index (χ1) is 10.4. The minimum atomic E-state index is -0.758. The van der Waals surface area contributed by atoms with Crippen LogP contribution in [-0.4, -0.2) is 9.97 Å². The van der Waals surface area contributed by atoms with E-state index in [1.165, 1.54) is 12.1 Å². The summed E-state index contributed by atoms with van der Waals surface area (Å²) in [4.78, 5) is 18.6. The number of H-pyrrole nitrogens is 1. The Morgan fingerprint density at radius 3 is 2.36 bits per heavy atom. The Kier molecular flexibility index (Phi) is 3.72. The highest BCUT2D eigenvalue weighted by molar-refractivity contribution is 6.39. The molecule has 0 aliphatic carbocycles. The first-order valence-electron chi connectivity index (χ1n) is 6.05. The highest BCUT2D eigenvalue weighted by atomic mass is 35.5. The summed E-state index contributed by atoms with van der Waals surface area (Å²) >= 11 is 12.0. The second-order valence-corrected chi connectivity index (χ2v) is 5.26. The maximum absolute atomic E-state index is 13.2. The van der Waals surface area contributed by atoms with Crippen LogP contribution in [0.2, 0.25) is 10.0 Å². The van der Waals surface area contributed by atoms with Crippen molar-refractivity contribution in [2.75, 3.05) is 5.32 Å². The van der Waals surface area contributed by atoms with Crippen molar-refractivity contribution in [2.45, 2.75) is 0 Å². The molecule has 3 aromatic rings. The first kappa shape index (κ1) is 14.7. The summed E-state index contributed by atoms with van der Waals surface area (Å²) in [5, 5.41) is 3.20. The van der Waals surface area contributed by atoms with Crippen LogP contribution in [0.1, 0.15) is 0 Å². The van der Waals surface area contributed by atoms with E-state index >= 15 is 0 Å². The fraction of sp³-hybridized carbons (Fsp3) is 0. The molecule has 0 atom stereocenters. The standard InChI is InChI=1S/C14H7Cl2F2N3O/c15-9-1-2-10(16)12-11(9)13(22)21-14(20-12)19-8-4-6(17)3-7(18)5-8/h1-5H,(H2,19,20,21,22). The fourth-order valence-electron chi connectivity index (χ4n) is 2.00. The Balaban J connectivity index is 2.12. The van der Waals surface area contributed by atoms with Gasteiger partial charge in [0.15, 0.2) is 0 Å². The number of benzene rings is 2. The number of nitrogens with zero attached hydrogens (tertiary/aromatic N) is 1. The Labute approximate surface area is 132 Å².